The maximum absolute atomic E-state index is 11.9. The van der Waals surface area contributed by atoms with Crippen molar-refractivity contribution in [2.24, 2.45) is 0 Å². The molecule has 1 aromatic carbocycles. The molecule has 0 aliphatic heterocycles. The Morgan fingerprint density at radius 3 is 2.75 bits per heavy atom. The van der Waals surface area contributed by atoms with Gasteiger partial charge in [-0.25, -0.2) is 5.06 Å². The van der Waals surface area contributed by atoms with E-state index >= 15 is 0 Å². The second-order valence-corrected chi connectivity index (χ2v) is 3.50. The highest BCUT2D eigenvalue weighted by Crippen LogP contribution is 2.24. The van der Waals surface area contributed by atoms with Crippen molar-refractivity contribution in [3.05, 3.63) is 28.8 Å². The van der Waals surface area contributed by atoms with Gasteiger partial charge in [0.1, 0.15) is 5.75 Å². The zero-order valence-corrected chi connectivity index (χ0v) is 10.2. The Balaban J connectivity index is 3.08. The summed E-state index contributed by atoms with van der Waals surface area (Å²) in [5.41, 5.74) is 0.388. The van der Waals surface area contributed by atoms with Crippen LogP contribution in [0.4, 0.5) is 0 Å². The van der Waals surface area contributed by atoms with Crippen LogP contribution >= 0.6 is 11.6 Å². The fourth-order valence-corrected chi connectivity index (χ4v) is 1.38. The first-order chi connectivity index (χ1) is 7.60. The number of ether oxygens (including phenoxy) is 1. The zero-order valence-electron chi connectivity index (χ0n) is 9.49. The Labute approximate surface area is 99.7 Å². The molecular weight excluding hydrogens is 230 g/mol. The lowest BCUT2D eigenvalue weighted by atomic mass is 10.2. The summed E-state index contributed by atoms with van der Waals surface area (Å²) in [7, 11) is 2.95. The molecule has 0 aliphatic rings. The molecule has 16 heavy (non-hydrogen) atoms. The summed E-state index contributed by atoms with van der Waals surface area (Å²) in [4.78, 5) is 16.7. The molecule has 0 aliphatic carbocycles. The number of carbonyl (C=O) groups excluding carboxylic acids is 1. The van der Waals surface area contributed by atoms with E-state index in [4.69, 9.17) is 21.2 Å². The first-order valence-corrected chi connectivity index (χ1v) is 5.22. The third kappa shape index (κ3) is 2.87. The van der Waals surface area contributed by atoms with Crippen LogP contribution in [0.25, 0.3) is 0 Å². The number of hydroxylamine groups is 2. The van der Waals surface area contributed by atoms with Crippen LogP contribution in [-0.4, -0.2) is 31.7 Å². The van der Waals surface area contributed by atoms with Gasteiger partial charge >= 0.3 is 0 Å². The fraction of sp³-hybridized carbons (Fsp3) is 0.364. The molecule has 88 valence electrons. The van der Waals surface area contributed by atoms with Gasteiger partial charge in [0.05, 0.1) is 19.3 Å². The quantitative estimate of drug-likeness (QED) is 0.762. The SMILES string of the molecule is CCOc1ccc(Cl)cc1C(=O)N(C)OC. The van der Waals surface area contributed by atoms with E-state index in [0.29, 0.717) is 22.9 Å². The van der Waals surface area contributed by atoms with Crippen LogP contribution in [0.1, 0.15) is 17.3 Å². The van der Waals surface area contributed by atoms with Crippen LogP contribution < -0.4 is 4.74 Å². The molecule has 1 amide bonds. The molecule has 0 saturated carbocycles. The molecule has 4 nitrogen and oxygen atoms in total. The molecule has 0 atom stereocenters. The summed E-state index contributed by atoms with van der Waals surface area (Å²) in [6, 6.07) is 4.91. The van der Waals surface area contributed by atoms with E-state index < -0.39 is 0 Å². The molecule has 0 N–H and O–H groups in total. The van der Waals surface area contributed by atoms with Crippen LogP contribution in [0, 0.1) is 0 Å². The van der Waals surface area contributed by atoms with Crippen molar-refractivity contribution in [1.29, 1.82) is 0 Å². The van der Waals surface area contributed by atoms with Gasteiger partial charge in [-0.1, -0.05) is 11.6 Å². The minimum Gasteiger partial charge on any atom is -0.493 e. The van der Waals surface area contributed by atoms with Crippen molar-refractivity contribution >= 4 is 17.5 Å². The number of nitrogens with zero attached hydrogens (tertiary/aromatic N) is 1. The largest absolute Gasteiger partial charge is 0.493 e. The van der Waals surface area contributed by atoms with Crippen LogP contribution in [0.2, 0.25) is 5.02 Å². The molecule has 0 saturated heterocycles. The standard InChI is InChI=1S/C11H14ClNO3/c1-4-16-10-6-5-8(12)7-9(10)11(14)13(2)15-3/h5-7H,4H2,1-3H3. The first-order valence-electron chi connectivity index (χ1n) is 4.84. The molecule has 5 heteroatoms. The van der Waals surface area contributed by atoms with Gasteiger partial charge in [0.25, 0.3) is 5.91 Å². The Kier molecular flexibility index (Phi) is 4.58. The predicted molar refractivity (Wildman–Crippen MR) is 61.7 cm³/mol. The van der Waals surface area contributed by atoms with Gasteiger partial charge in [0, 0.05) is 12.1 Å². The average molecular weight is 244 g/mol. The number of hydrogen-bond donors (Lipinski definition) is 0. The minimum atomic E-state index is -0.298. The summed E-state index contributed by atoms with van der Waals surface area (Å²) < 4.78 is 5.35. The van der Waals surface area contributed by atoms with Gasteiger partial charge in [0.15, 0.2) is 0 Å². The van der Waals surface area contributed by atoms with Crippen LogP contribution in [0.3, 0.4) is 0 Å². The fourth-order valence-electron chi connectivity index (χ4n) is 1.20. The van der Waals surface area contributed by atoms with Crippen molar-refractivity contribution in [3.63, 3.8) is 0 Å². The lowest BCUT2D eigenvalue weighted by Gasteiger charge is -2.16. The van der Waals surface area contributed by atoms with Gasteiger partial charge in [-0.2, -0.15) is 0 Å². The van der Waals surface area contributed by atoms with Gasteiger partial charge in [-0.15, -0.1) is 0 Å². The predicted octanol–water partition coefficient (Wildman–Crippen LogP) is 2.37. The Bertz CT molecular complexity index is 381. The second-order valence-electron chi connectivity index (χ2n) is 3.06. The molecule has 0 fully saturated rings. The number of amides is 1. The van der Waals surface area contributed by atoms with Gasteiger partial charge in [-0.3, -0.25) is 9.63 Å². The van der Waals surface area contributed by atoms with Crippen molar-refractivity contribution in [3.8, 4) is 5.75 Å². The van der Waals surface area contributed by atoms with E-state index in [-0.39, 0.29) is 5.91 Å². The zero-order chi connectivity index (χ0) is 12.1. The Morgan fingerprint density at radius 1 is 1.50 bits per heavy atom. The maximum Gasteiger partial charge on any atom is 0.280 e. The molecule has 0 aromatic heterocycles. The van der Waals surface area contributed by atoms with Crippen molar-refractivity contribution < 1.29 is 14.4 Å². The summed E-state index contributed by atoms with van der Waals surface area (Å²) >= 11 is 5.84. The van der Waals surface area contributed by atoms with E-state index in [1.54, 1.807) is 18.2 Å². The third-order valence-corrected chi connectivity index (χ3v) is 2.27. The van der Waals surface area contributed by atoms with Crippen molar-refractivity contribution in [1.82, 2.24) is 5.06 Å². The lowest BCUT2D eigenvalue weighted by molar-refractivity contribution is -0.0758. The topological polar surface area (TPSA) is 38.8 Å². The smallest absolute Gasteiger partial charge is 0.280 e. The summed E-state index contributed by atoms with van der Waals surface area (Å²) in [6.45, 7) is 2.33. The van der Waals surface area contributed by atoms with Crippen LogP contribution in [0.15, 0.2) is 18.2 Å². The minimum absolute atomic E-state index is 0.298. The molecule has 0 unspecified atom stereocenters. The Morgan fingerprint density at radius 2 is 2.19 bits per heavy atom. The average Bonchev–Trinajstić information content (AvgIpc) is 2.29. The van der Waals surface area contributed by atoms with E-state index in [0.717, 1.165) is 5.06 Å². The molecule has 0 heterocycles. The van der Waals surface area contributed by atoms with Gasteiger partial charge in [-0.05, 0) is 25.1 Å². The van der Waals surface area contributed by atoms with Crippen LogP contribution in [-0.2, 0) is 4.84 Å². The number of benzene rings is 1. The van der Waals surface area contributed by atoms with Crippen LogP contribution in [0.5, 0.6) is 5.75 Å². The first kappa shape index (κ1) is 12.8. The molecule has 0 radical (unpaired) electrons. The number of carbonyl (C=O) groups is 1. The number of hydrogen-bond acceptors (Lipinski definition) is 3. The van der Waals surface area contributed by atoms with E-state index in [9.17, 15) is 4.79 Å². The summed E-state index contributed by atoms with van der Waals surface area (Å²) in [5.74, 6) is 0.203. The highest BCUT2D eigenvalue weighted by molar-refractivity contribution is 6.31. The molecule has 0 spiro atoms. The lowest BCUT2D eigenvalue weighted by Crippen LogP contribution is -2.25. The van der Waals surface area contributed by atoms with Gasteiger partial charge in [0.2, 0.25) is 0 Å². The molecular formula is C11H14ClNO3. The summed E-state index contributed by atoms with van der Waals surface area (Å²) in [6.07, 6.45) is 0. The third-order valence-electron chi connectivity index (χ3n) is 2.03. The number of halogens is 1. The van der Waals surface area contributed by atoms with Crippen molar-refractivity contribution in [2.45, 2.75) is 6.92 Å². The highest BCUT2D eigenvalue weighted by atomic mass is 35.5. The maximum atomic E-state index is 11.9. The highest BCUT2D eigenvalue weighted by Gasteiger charge is 2.17. The number of rotatable bonds is 4. The van der Waals surface area contributed by atoms with E-state index in [1.807, 2.05) is 6.92 Å². The Hall–Kier alpha value is -1.26. The summed E-state index contributed by atoms with van der Waals surface area (Å²) in [5, 5.41) is 1.60. The van der Waals surface area contributed by atoms with E-state index in [1.165, 1.54) is 14.2 Å². The normalized spacial score (nSPS) is 10.0. The second kappa shape index (κ2) is 5.72. The molecule has 0 bridgehead atoms. The monoisotopic (exact) mass is 243 g/mol. The molecule has 1 aromatic rings. The van der Waals surface area contributed by atoms with Gasteiger partial charge < -0.3 is 4.74 Å². The van der Waals surface area contributed by atoms with E-state index in [2.05, 4.69) is 0 Å². The molecule has 1 rings (SSSR count). The van der Waals surface area contributed by atoms with Crippen molar-refractivity contribution in [2.75, 3.05) is 20.8 Å².